The normalized spacial score (nSPS) is 22.5. The summed E-state index contributed by atoms with van der Waals surface area (Å²) >= 11 is 0. The number of hydrogen-bond donors (Lipinski definition) is 1. The van der Waals surface area contributed by atoms with Gasteiger partial charge in [-0.25, -0.2) is 0 Å². The van der Waals surface area contributed by atoms with Crippen LogP contribution in [0.3, 0.4) is 0 Å². The molecule has 1 amide bonds. The Morgan fingerprint density at radius 3 is 2.14 bits per heavy atom. The van der Waals surface area contributed by atoms with E-state index in [-0.39, 0.29) is 17.5 Å². The number of ether oxygens (including phenoxy) is 2. The Bertz CT molecular complexity index is 1860. The molecule has 0 aromatic heterocycles. The molecule has 7 rings (SSSR count). The molecule has 0 saturated carbocycles. The zero-order valence-electron chi connectivity index (χ0n) is 24.0. The first-order chi connectivity index (χ1) is 21.3. The van der Waals surface area contributed by atoms with Crippen LogP contribution in [0.15, 0.2) is 103 Å². The van der Waals surface area contributed by atoms with E-state index >= 15 is 0 Å². The summed E-state index contributed by atoms with van der Waals surface area (Å²) in [5, 5.41) is 3.05. The van der Waals surface area contributed by atoms with E-state index in [1.165, 1.54) is 6.92 Å². The van der Waals surface area contributed by atoms with E-state index in [9.17, 15) is 19.2 Å². The number of amides is 1. The Kier molecular flexibility index (Phi) is 6.43. The van der Waals surface area contributed by atoms with Crippen LogP contribution in [0.5, 0.6) is 11.5 Å². The number of carbonyl (C=O) groups is 4. The molecule has 44 heavy (non-hydrogen) atoms. The fourth-order valence-corrected chi connectivity index (χ4v) is 7.13. The van der Waals surface area contributed by atoms with Crippen molar-refractivity contribution >= 4 is 35.2 Å². The number of nitrogens with one attached hydrogen (secondary N) is 1. The molecule has 8 nitrogen and oxygen atoms in total. The molecular weight excluding hydrogens is 556 g/mol. The Morgan fingerprint density at radius 2 is 1.43 bits per heavy atom. The number of benzene rings is 4. The fourth-order valence-electron chi connectivity index (χ4n) is 7.13. The van der Waals surface area contributed by atoms with Crippen LogP contribution < -0.4 is 14.8 Å². The van der Waals surface area contributed by atoms with Crippen molar-refractivity contribution in [2.24, 2.45) is 5.92 Å². The van der Waals surface area contributed by atoms with Crippen LogP contribution in [0, 0.1) is 5.92 Å². The third kappa shape index (κ3) is 3.98. The summed E-state index contributed by atoms with van der Waals surface area (Å²) < 4.78 is 10.5. The molecule has 0 radical (unpaired) electrons. The van der Waals surface area contributed by atoms with Crippen molar-refractivity contribution < 1.29 is 28.7 Å². The predicted molar refractivity (Wildman–Crippen MR) is 163 cm³/mol. The van der Waals surface area contributed by atoms with Crippen molar-refractivity contribution in [1.29, 1.82) is 0 Å². The Hall–Kier alpha value is -5.50. The quantitative estimate of drug-likeness (QED) is 0.179. The molecule has 1 N–H and O–H groups in total. The van der Waals surface area contributed by atoms with Gasteiger partial charge in [-0.05, 0) is 77.4 Å². The van der Waals surface area contributed by atoms with Crippen molar-refractivity contribution in [3.63, 3.8) is 0 Å². The number of anilines is 1. The lowest BCUT2D eigenvalue weighted by Crippen LogP contribution is -2.49. The maximum Gasteiger partial charge on any atom is 0.308 e. The zero-order valence-corrected chi connectivity index (χ0v) is 24.0. The van der Waals surface area contributed by atoms with Gasteiger partial charge in [0.25, 0.3) is 0 Å². The smallest absolute Gasteiger partial charge is 0.308 e. The molecular formula is C36H28N2O6. The van der Waals surface area contributed by atoms with Crippen LogP contribution in [0.4, 0.5) is 5.69 Å². The first-order valence-electron chi connectivity index (χ1n) is 14.3. The van der Waals surface area contributed by atoms with Crippen LogP contribution in [0.25, 0.3) is 6.08 Å². The van der Waals surface area contributed by atoms with Crippen LogP contribution in [-0.2, 0) is 15.0 Å². The second-order valence-corrected chi connectivity index (χ2v) is 11.2. The van der Waals surface area contributed by atoms with Gasteiger partial charge >= 0.3 is 5.97 Å². The second kappa shape index (κ2) is 10.3. The average Bonchev–Trinajstić information content (AvgIpc) is 3.52. The van der Waals surface area contributed by atoms with Gasteiger partial charge in [0.1, 0.15) is 23.0 Å². The lowest BCUT2D eigenvalue weighted by atomic mass is 9.62. The van der Waals surface area contributed by atoms with Gasteiger partial charge in [-0.1, -0.05) is 42.5 Å². The number of methoxy groups -OCH3 is 1. The summed E-state index contributed by atoms with van der Waals surface area (Å²) in [7, 11) is 1.55. The van der Waals surface area contributed by atoms with Crippen molar-refractivity contribution in [3.05, 3.63) is 131 Å². The number of carbonyl (C=O) groups excluding carboxylic acids is 4. The highest BCUT2D eigenvalue weighted by Crippen LogP contribution is 2.62. The summed E-state index contributed by atoms with van der Waals surface area (Å²) in [6, 6.07) is 26.5. The Balaban J connectivity index is 1.47. The van der Waals surface area contributed by atoms with Crippen molar-refractivity contribution in [2.45, 2.75) is 24.4 Å². The minimum Gasteiger partial charge on any atom is -0.497 e. The van der Waals surface area contributed by atoms with E-state index in [0.717, 1.165) is 11.1 Å². The van der Waals surface area contributed by atoms with E-state index < -0.39 is 29.4 Å². The average molecular weight is 585 g/mol. The zero-order chi connectivity index (χ0) is 30.6. The lowest BCUT2D eigenvalue weighted by molar-refractivity contribution is -0.131. The van der Waals surface area contributed by atoms with Gasteiger partial charge in [0.05, 0.1) is 19.1 Å². The van der Waals surface area contributed by atoms with E-state index in [2.05, 4.69) is 5.32 Å². The van der Waals surface area contributed by atoms with Crippen LogP contribution >= 0.6 is 0 Å². The standard InChI is InChI=1S/C36H28N2O6/c1-21(39)44-26-17-13-24(14-18-26)33(41)31-30(32(40)23-11-15-25(43-2)16-12-23)36(28-9-5-6-10-29(28)37-35(36)42)34-27-8-4-3-7-22(27)19-20-38(31)34/h3-20,30-31,34H,1-2H3,(H,37,42)/t30-,31-,34+,36-/m0/s1. The van der Waals surface area contributed by atoms with Gasteiger partial charge in [0.2, 0.25) is 5.91 Å². The molecule has 3 aliphatic heterocycles. The van der Waals surface area contributed by atoms with Gasteiger partial charge in [-0.2, -0.15) is 0 Å². The Labute approximate surface area is 253 Å². The molecule has 0 bridgehead atoms. The molecule has 0 unspecified atom stereocenters. The summed E-state index contributed by atoms with van der Waals surface area (Å²) in [5.41, 5.74) is 2.34. The molecule has 218 valence electrons. The monoisotopic (exact) mass is 584 g/mol. The maximum absolute atomic E-state index is 14.9. The molecule has 3 aliphatic rings. The van der Waals surface area contributed by atoms with E-state index in [1.54, 1.807) is 55.6 Å². The fraction of sp³-hybridized carbons (Fsp3) is 0.167. The molecule has 1 spiro atoms. The van der Waals surface area contributed by atoms with Crippen molar-refractivity contribution in [1.82, 2.24) is 4.90 Å². The van der Waals surface area contributed by atoms with Crippen LogP contribution in [-0.4, -0.2) is 41.5 Å². The minimum absolute atomic E-state index is 0.302. The summed E-state index contributed by atoms with van der Waals surface area (Å²) in [4.78, 5) is 57.4. The third-order valence-electron chi connectivity index (χ3n) is 8.90. The summed E-state index contributed by atoms with van der Waals surface area (Å²) in [6.07, 6.45) is 3.75. The number of Topliss-reactive ketones (excluding diaryl/α,β-unsaturated/α-hetero) is 2. The van der Waals surface area contributed by atoms with Crippen molar-refractivity contribution in [3.8, 4) is 11.5 Å². The molecule has 4 aromatic carbocycles. The number of esters is 1. The highest BCUT2D eigenvalue weighted by molar-refractivity contribution is 6.16. The molecule has 1 fully saturated rings. The molecule has 8 heteroatoms. The highest BCUT2D eigenvalue weighted by Gasteiger charge is 2.70. The Morgan fingerprint density at radius 1 is 0.795 bits per heavy atom. The largest absolute Gasteiger partial charge is 0.497 e. The van der Waals surface area contributed by atoms with E-state index in [0.29, 0.717) is 33.9 Å². The van der Waals surface area contributed by atoms with Crippen LogP contribution in [0.1, 0.15) is 50.4 Å². The first kappa shape index (κ1) is 27.3. The predicted octanol–water partition coefficient (Wildman–Crippen LogP) is 5.60. The third-order valence-corrected chi connectivity index (χ3v) is 8.90. The lowest BCUT2D eigenvalue weighted by Gasteiger charge is -2.38. The number of ketones is 2. The number of fused-ring (bicyclic) bond motifs is 6. The number of rotatable bonds is 6. The van der Waals surface area contributed by atoms with Gasteiger partial charge in [0.15, 0.2) is 11.6 Å². The maximum atomic E-state index is 14.9. The topological polar surface area (TPSA) is 102 Å². The van der Waals surface area contributed by atoms with Gasteiger partial charge in [0, 0.05) is 29.9 Å². The van der Waals surface area contributed by atoms with Gasteiger partial charge in [-0.15, -0.1) is 0 Å². The first-order valence-corrected chi connectivity index (χ1v) is 14.3. The number of hydrogen-bond acceptors (Lipinski definition) is 7. The highest BCUT2D eigenvalue weighted by atomic mass is 16.5. The van der Waals surface area contributed by atoms with Gasteiger partial charge in [-0.3, -0.25) is 19.2 Å². The second-order valence-electron chi connectivity index (χ2n) is 11.2. The molecule has 4 aromatic rings. The molecule has 0 aliphatic carbocycles. The number of para-hydroxylation sites is 1. The molecule has 4 atom stereocenters. The van der Waals surface area contributed by atoms with Gasteiger partial charge < -0.3 is 19.7 Å². The van der Waals surface area contributed by atoms with E-state index in [4.69, 9.17) is 9.47 Å². The van der Waals surface area contributed by atoms with Crippen LogP contribution in [0.2, 0.25) is 0 Å². The van der Waals surface area contributed by atoms with E-state index in [1.807, 2.05) is 65.7 Å². The molecule has 3 heterocycles. The SMILES string of the molecule is COc1ccc(C(=O)[C@@H]2[C@@H](C(=O)c3ccc(OC(C)=O)cc3)N3C=Cc4ccccc4[C@@H]3[C@@]23C(=O)Nc2ccccc23)cc1. The summed E-state index contributed by atoms with van der Waals surface area (Å²) in [5.74, 6) is -1.66. The van der Waals surface area contributed by atoms with Crippen molar-refractivity contribution in [2.75, 3.05) is 12.4 Å². The minimum atomic E-state index is -1.42. The summed E-state index contributed by atoms with van der Waals surface area (Å²) in [6.45, 7) is 1.30. The molecule has 1 saturated heterocycles. The number of nitrogens with zero attached hydrogens (tertiary/aromatic N) is 1.